The first kappa shape index (κ1) is 17.3. The van der Waals surface area contributed by atoms with Gasteiger partial charge in [0.2, 0.25) is 0 Å². The summed E-state index contributed by atoms with van der Waals surface area (Å²) < 4.78 is 15.1. The Balaban J connectivity index is 3.03. The van der Waals surface area contributed by atoms with Crippen LogP contribution in [0, 0.1) is 22.5 Å². The molecule has 0 amide bonds. The van der Waals surface area contributed by atoms with Gasteiger partial charge in [-0.2, -0.15) is 0 Å². The number of hydrogen-bond acceptors (Lipinski definition) is 6. The molecule has 0 fully saturated rings. The number of carbonyl (C=O) groups excluding carboxylic acids is 1. The van der Waals surface area contributed by atoms with E-state index in [0.717, 1.165) is 26.0 Å². The molecule has 0 aliphatic carbocycles. The van der Waals surface area contributed by atoms with E-state index in [9.17, 15) is 14.9 Å². The number of esters is 1. The maximum Gasteiger partial charge on any atom is 0.345 e. The van der Waals surface area contributed by atoms with E-state index in [-0.39, 0.29) is 17.1 Å². The molecule has 1 aromatic carbocycles. The highest BCUT2D eigenvalue weighted by molar-refractivity contribution is 5.94. The van der Waals surface area contributed by atoms with Gasteiger partial charge in [0.15, 0.2) is 11.5 Å². The van der Waals surface area contributed by atoms with Crippen molar-refractivity contribution in [1.82, 2.24) is 0 Å². The molecule has 0 spiro atoms. The van der Waals surface area contributed by atoms with Crippen LogP contribution in [0.3, 0.4) is 0 Å². The van der Waals surface area contributed by atoms with Gasteiger partial charge in [-0.15, -0.1) is 12.3 Å². The van der Waals surface area contributed by atoms with Crippen molar-refractivity contribution < 1.29 is 23.9 Å². The molecule has 0 unspecified atom stereocenters. The van der Waals surface area contributed by atoms with Crippen LogP contribution in [-0.2, 0) is 4.74 Å². The molecule has 0 bridgehead atoms. The average Bonchev–Trinajstić information content (AvgIpc) is 2.53. The van der Waals surface area contributed by atoms with E-state index < -0.39 is 16.6 Å². The number of nitrogens with zero attached hydrogens (tertiary/aromatic N) is 1. The van der Waals surface area contributed by atoms with Crippen LogP contribution < -0.4 is 9.47 Å². The zero-order valence-corrected chi connectivity index (χ0v) is 12.5. The lowest BCUT2D eigenvalue weighted by atomic mass is 10.1. The summed E-state index contributed by atoms with van der Waals surface area (Å²) >= 11 is 0. The topological polar surface area (TPSA) is 87.9 Å². The van der Waals surface area contributed by atoms with Crippen molar-refractivity contribution in [1.29, 1.82) is 0 Å². The van der Waals surface area contributed by atoms with Crippen LogP contribution >= 0.6 is 0 Å². The molecule has 22 heavy (non-hydrogen) atoms. The molecule has 0 aliphatic rings. The van der Waals surface area contributed by atoms with Gasteiger partial charge < -0.3 is 14.2 Å². The molecule has 1 rings (SSSR count). The summed E-state index contributed by atoms with van der Waals surface area (Å²) in [6.07, 6.45) is 7.32. The molecular formula is C15H17NO6. The first-order valence-electron chi connectivity index (χ1n) is 6.56. The van der Waals surface area contributed by atoms with Crippen molar-refractivity contribution >= 4 is 11.7 Å². The fourth-order valence-electron chi connectivity index (χ4n) is 1.76. The number of ether oxygens (including phenoxy) is 3. The molecule has 118 valence electrons. The van der Waals surface area contributed by atoms with Gasteiger partial charge in [0, 0.05) is 12.5 Å². The molecule has 7 heteroatoms. The van der Waals surface area contributed by atoms with Crippen LogP contribution in [0.2, 0.25) is 0 Å². The molecule has 0 N–H and O–H groups in total. The molecule has 0 saturated carbocycles. The Morgan fingerprint density at radius 2 is 2.05 bits per heavy atom. The van der Waals surface area contributed by atoms with Crippen molar-refractivity contribution in [3.05, 3.63) is 27.8 Å². The standard InChI is InChI=1S/C15H17NO6/c1-4-5-6-7-8-22-14-9-11(15(17)21-3)12(16(18)19)10-13(14)20-2/h1,9-10H,5-8H2,2-3H3. The average molecular weight is 307 g/mol. The minimum absolute atomic E-state index is 0.177. The third-order valence-electron chi connectivity index (χ3n) is 2.86. The lowest BCUT2D eigenvalue weighted by molar-refractivity contribution is -0.385. The highest BCUT2D eigenvalue weighted by Crippen LogP contribution is 2.35. The van der Waals surface area contributed by atoms with Crippen molar-refractivity contribution in [2.75, 3.05) is 20.8 Å². The summed E-state index contributed by atoms with van der Waals surface area (Å²) in [5.41, 5.74) is -0.588. The van der Waals surface area contributed by atoms with Gasteiger partial charge in [0.05, 0.1) is 31.8 Å². The molecular weight excluding hydrogens is 290 g/mol. The monoisotopic (exact) mass is 307 g/mol. The minimum Gasteiger partial charge on any atom is -0.493 e. The Morgan fingerprint density at radius 1 is 1.32 bits per heavy atom. The summed E-state index contributed by atoms with van der Waals surface area (Å²) in [6, 6.07) is 2.40. The molecule has 1 aromatic rings. The van der Waals surface area contributed by atoms with Gasteiger partial charge in [-0.3, -0.25) is 10.1 Å². The van der Waals surface area contributed by atoms with Crippen LogP contribution in [0.4, 0.5) is 5.69 Å². The number of hydrogen-bond donors (Lipinski definition) is 0. The van der Waals surface area contributed by atoms with E-state index in [1.165, 1.54) is 13.2 Å². The predicted molar refractivity (Wildman–Crippen MR) is 79.2 cm³/mol. The summed E-state index contributed by atoms with van der Waals surface area (Å²) in [6.45, 7) is 0.358. The van der Waals surface area contributed by atoms with Crippen LogP contribution in [0.1, 0.15) is 29.6 Å². The van der Waals surface area contributed by atoms with Gasteiger partial charge >= 0.3 is 5.97 Å². The molecule has 0 aliphatic heterocycles. The van der Waals surface area contributed by atoms with Gasteiger partial charge in [-0.25, -0.2) is 4.79 Å². The number of terminal acetylenes is 1. The van der Waals surface area contributed by atoms with E-state index >= 15 is 0 Å². The third-order valence-corrected chi connectivity index (χ3v) is 2.86. The van der Waals surface area contributed by atoms with E-state index in [0.29, 0.717) is 13.0 Å². The molecule has 0 aromatic heterocycles. The number of unbranched alkanes of at least 4 members (excludes halogenated alkanes) is 2. The maximum absolute atomic E-state index is 11.7. The highest BCUT2D eigenvalue weighted by Gasteiger charge is 2.25. The zero-order valence-electron chi connectivity index (χ0n) is 12.5. The first-order valence-corrected chi connectivity index (χ1v) is 6.56. The third kappa shape index (κ3) is 4.38. The number of rotatable bonds is 8. The SMILES string of the molecule is C#CCCCCOc1cc(C(=O)OC)c([N+](=O)[O-])cc1OC. The molecule has 7 nitrogen and oxygen atoms in total. The van der Waals surface area contributed by atoms with E-state index in [2.05, 4.69) is 10.7 Å². The largest absolute Gasteiger partial charge is 0.493 e. The molecule has 0 heterocycles. The van der Waals surface area contributed by atoms with E-state index in [1.54, 1.807) is 0 Å². The summed E-state index contributed by atoms with van der Waals surface area (Å²) in [5.74, 6) is 2.13. The van der Waals surface area contributed by atoms with Crippen molar-refractivity contribution in [3.8, 4) is 23.8 Å². The van der Waals surface area contributed by atoms with Crippen molar-refractivity contribution in [2.45, 2.75) is 19.3 Å². The number of carbonyl (C=O) groups is 1. The normalized spacial score (nSPS) is 9.68. The maximum atomic E-state index is 11.7. The fourth-order valence-corrected chi connectivity index (χ4v) is 1.76. The fraction of sp³-hybridized carbons (Fsp3) is 0.400. The first-order chi connectivity index (χ1) is 10.5. The summed E-state index contributed by atoms with van der Waals surface area (Å²) in [7, 11) is 2.51. The predicted octanol–water partition coefficient (Wildman–Crippen LogP) is 2.57. The molecule has 0 saturated heterocycles. The Bertz CT molecular complexity index is 590. The number of nitro groups is 1. The Hall–Kier alpha value is -2.75. The van der Waals surface area contributed by atoms with Crippen molar-refractivity contribution in [2.24, 2.45) is 0 Å². The second-order valence-corrected chi connectivity index (χ2v) is 4.28. The lowest BCUT2D eigenvalue weighted by Crippen LogP contribution is -2.08. The zero-order chi connectivity index (χ0) is 16.5. The smallest absolute Gasteiger partial charge is 0.345 e. The number of benzene rings is 1. The van der Waals surface area contributed by atoms with Gasteiger partial charge in [-0.1, -0.05) is 0 Å². The van der Waals surface area contributed by atoms with Crippen LogP contribution in [0.15, 0.2) is 12.1 Å². The van der Waals surface area contributed by atoms with E-state index in [1.807, 2.05) is 0 Å². The Morgan fingerprint density at radius 3 is 2.59 bits per heavy atom. The van der Waals surface area contributed by atoms with Gasteiger partial charge in [0.25, 0.3) is 5.69 Å². The Kier molecular flexibility index (Phi) is 6.70. The van der Waals surface area contributed by atoms with Crippen LogP contribution in [-0.4, -0.2) is 31.7 Å². The quantitative estimate of drug-likeness (QED) is 0.241. The second kappa shape index (κ2) is 8.52. The Labute approximate surface area is 128 Å². The number of nitro benzene ring substituents is 1. The summed E-state index contributed by atoms with van der Waals surface area (Å²) in [4.78, 5) is 22.0. The van der Waals surface area contributed by atoms with Crippen molar-refractivity contribution in [3.63, 3.8) is 0 Å². The van der Waals surface area contributed by atoms with Crippen LogP contribution in [0.5, 0.6) is 11.5 Å². The minimum atomic E-state index is -0.813. The second-order valence-electron chi connectivity index (χ2n) is 4.28. The molecule has 0 radical (unpaired) electrons. The lowest BCUT2D eigenvalue weighted by Gasteiger charge is -2.12. The van der Waals surface area contributed by atoms with Crippen LogP contribution in [0.25, 0.3) is 0 Å². The highest BCUT2D eigenvalue weighted by atomic mass is 16.6. The van der Waals surface area contributed by atoms with Gasteiger partial charge in [0.1, 0.15) is 5.56 Å². The number of methoxy groups -OCH3 is 2. The molecule has 0 atom stereocenters. The van der Waals surface area contributed by atoms with E-state index in [4.69, 9.17) is 15.9 Å². The summed E-state index contributed by atoms with van der Waals surface area (Å²) in [5, 5.41) is 11.0. The van der Waals surface area contributed by atoms with Gasteiger partial charge in [-0.05, 0) is 12.8 Å².